The molecule has 4 heteroatoms. The van der Waals surface area contributed by atoms with Crippen LogP contribution in [0, 0.1) is 0 Å². The van der Waals surface area contributed by atoms with Gasteiger partial charge in [-0.15, -0.1) is 0 Å². The molecule has 1 aliphatic heterocycles. The summed E-state index contributed by atoms with van der Waals surface area (Å²) in [5.74, 6) is 0.156. The van der Waals surface area contributed by atoms with E-state index < -0.39 is 0 Å². The number of rotatable bonds is 2. The third-order valence-corrected chi connectivity index (χ3v) is 2.48. The van der Waals surface area contributed by atoms with Crippen molar-refractivity contribution in [2.75, 3.05) is 11.4 Å². The average molecular weight is 219 g/mol. The van der Waals surface area contributed by atoms with Gasteiger partial charge in [0, 0.05) is 19.9 Å². The Balaban J connectivity index is 2.32. The minimum atomic E-state index is -0.376. The number of esters is 1. The van der Waals surface area contributed by atoms with Crippen molar-refractivity contribution in [2.45, 2.75) is 19.8 Å². The molecular formula is C12H13NO3. The zero-order valence-corrected chi connectivity index (χ0v) is 9.10. The van der Waals surface area contributed by atoms with Crippen molar-refractivity contribution in [3.8, 4) is 5.75 Å². The zero-order valence-electron chi connectivity index (χ0n) is 9.10. The molecule has 0 aromatic heterocycles. The molecule has 1 amide bonds. The molecule has 0 saturated carbocycles. The van der Waals surface area contributed by atoms with Gasteiger partial charge in [-0.3, -0.25) is 9.59 Å². The zero-order chi connectivity index (χ0) is 11.5. The predicted octanol–water partition coefficient (Wildman–Crippen LogP) is 1.74. The summed E-state index contributed by atoms with van der Waals surface area (Å²) in [5.41, 5.74) is 0.681. The maximum atomic E-state index is 11.6. The summed E-state index contributed by atoms with van der Waals surface area (Å²) in [5, 5.41) is 0. The van der Waals surface area contributed by atoms with E-state index in [2.05, 4.69) is 0 Å². The highest BCUT2D eigenvalue weighted by Crippen LogP contribution is 2.31. The van der Waals surface area contributed by atoms with Crippen LogP contribution in [0.3, 0.4) is 0 Å². The van der Waals surface area contributed by atoms with Crippen molar-refractivity contribution < 1.29 is 14.3 Å². The molecule has 16 heavy (non-hydrogen) atoms. The van der Waals surface area contributed by atoms with E-state index >= 15 is 0 Å². The third kappa shape index (κ3) is 2.05. The minimum Gasteiger partial charge on any atom is -0.424 e. The fourth-order valence-electron chi connectivity index (χ4n) is 1.82. The van der Waals surface area contributed by atoms with Crippen LogP contribution in [0.1, 0.15) is 19.8 Å². The van der Waals surface area contributed by atoms with E-state index in [1.807, 2.05) is 6.07 Å². The van der Waals surface area contributed by atoms with Gasteiger partial charge in [-0.2, -0.15) is 0 Å². The van der Waals surface area contributed by atoms with E-state index in [4.69, 9.17) is 4.74 Å². The lowest BCUT2D eigenvalue weighted by Crippen LogP contribution is -2.24. The lowest BCUT2D eigenvalue weighted by atomic mass is 10.2. The second kappa shape index (κ2) is 4.35. The van der Waals surface area contributed by atoms with Crippen molar-refractivity contribution >= 4 is 17.6 Å². The number of anilines is 1. The van der Waals surface area contributed by atoms with E-state index in [1.54, 1.807) is 23.1 Å². The van der Waals surface area contributed by atoms with Crippen LogP contribution in [0.4, 0.5) is 5.69 Å². The average Bonchev–Trinajstić information content (AvgIpc) is 2.64. The van der Waals surface area contributed by atoms with Crippen LogP contribution >= 0.6 is 0 Å². The molecule has 0 radical (unpaired) electrons. The summed E-state index contributed by atoms with van der Waals surface area (Å²) in [6, 6.07) is 7.10. The lowest BCUT2D eigenvalue weighted by molar-refractivity contribution is -0.132. The van der Waals surface area contributed by atoms with Gasteiger partial charge in [0.15, 0.2) is 5.75 Å². The second-order valence-electron chi connectivity index (χ2n) is 3.71. The molecule has 0 atom stereocenters. The Bertz CT molecular complexity index is 428. The van der Waals surface area contributed by atoms with Gasteiger partial charge in [0.05, 0.1) is 5.69 Å². The van der Waals surface area contributed by atoms with Gasteiger partial charge in [0.25, 0.3) is 0 Å². The molecule has 4 nitrogen and oxygen atoms in total. The molecule has 1 aromatic rings. The van der Waals surface area contributed by atoms with Gasteiger partial charge in [-0.05, 0) is 18.6 Å². The summed E-state index contributed by atoms with van der Waals surface area (Å²) < 4.78 is 5.07. The van der Waals surface area contributed by atoms with Gasteiger partial charge in [-0.1, -0.05) is 12.1 Å². The molecule has 1 fully saturated rings. The molecule has 0 aliphatic carbocycles. The monoisotopic (exact) mass is 219 g/mol. The first-order chi connectivity index (χ1) is 7.68. The smallest absolute Gasteiger partial charge is 0.308 e. The summed E-state index contributed by atoms with van der Waals surface area (Å²) in [6.07, 6.45) is 1.42. The Labute approximate surface area is 93.8 Å². The molecule has 1 aromatic carbocycles. The summed E-state index contributed by atoms with van der Waals surface area (Å²) in [7, 11) is 0. The Morgan fingerprint density at radius 2 is 2.12 bits per heavy atom. The number of amides is 1. The predicted molar refractivity (Wildman–Crippen MR) is 59.3 cm³/mol. The van der Waals surface area contributed by atoms with E-state index in [1.165, 1.54) is 6.92 Å². The highest BCUT2D eigenvalue weighted by Gasteiger charge is 2.24. The summed E-state index contributed by atoms with van der Waals surface area (Å²) >= 11 is 0. The van der Waals surface area contributed by atoms with Gasteiger partial charge in [0.1, 0.15) is 0 Å². The molecule has 0 spiro atoms. The van der Waals surface area contributed by atoms with Crippen molar-refractivity contribution in [1.82, 2.24) is 0 Å². The van der Waals surface area contributed by atoms with Crippen LogP contribution < -0.4 is 9.64 Å². The molecule has 0 N–H and O–H groups in total. The first kappa shape index (κ1) is 10.7. The SMILES string of the molecule is CC(=O)Oc1ccccc1N1CCCC1=O. The molecule has 1 aliphatic rings. The maximum absolute atomic E-state index is 11.6. The van der Waals surface area contributed by atoms with Crippen LogP contribution in [0.5, 0.6) is 5.75 Å². The van der Waals surface area contributed by atoms with Crippen molar-refractivity contribution in [3.63, 3.8) is 0 Å². The Kier molecular flexibility index (Phi) is 2.90. The fraction of sp³-hybridized carbons (Fsp3) is 0.333. The van der Waals surface area contributed by atoms with Gasteiger partial charge in [0.2, 0.25) is 5.91 Å². The first-order valence-electron chi connectivity index (χ1n) is 5.26. The number of carbonyl (C=O) groups excluding carboxylic acids is 2. The first-order valence-corrected chi connectivity index (χ1v) is 5.26. The fourth-order valence-corrected chi connectivity index (χ4v) is 1.82. The Morgan fingerprint density at radius 1 is 1.38 bits per heavy atom. The highest BCUT2D eigenvalue weighted by atomic mass is 16.5. The van der Waals surface area contributed by atoms with E-state index in [-0.39, 0.29) is 11.9 Å². The number of ether oxygens (including phenoxy) is 1. The minimum absolute atomic E-state index is 0.0830. The van der Waals surface area contributed by atoms with Crippen molar-refractivity contribution in [2.24, 2.45) is 0 Å². The standard InChI is InChI=1S/C12H13NO3/c1-9(14)16-11-6-3-2-5-10(11)13-8-4-7-12(13)15/h2-3,5-6H,4,7-8H2,1H3. The number of nitrogens with zero attached hydrogens (tertiary/aromatic N) is 1. The number of carbonyl (C=O) groups is 2. The van der Waals surface area contributed by atoms with E-state index in [9.17, 15) is 9.59 Å². The molecule has 2 rings (SSSR count). The molecule has 0 bridgehead atoms. The Morgan fingerprint density at radius 3 is 2.75 bits per heavy atom. The van der Waals surface area contributed by atoms with Gasteiger partial charge in [-0.25, -0.2) is 0 Å². The van der Waals surface area contributed by atoms with Crippen LogP contribution in [0.25, 0.3) is 0 Å². The van der Waals surface area contributed by atoms with Gasteiger partial charge >= 0.3 is 5.97 Å². The maximum Gasteiger partial charge on any atom is 0.308 e. The van der Waals surface area contributed by atoms with Crippen molar-refractivity contribution in [3.05, 3.63) is 24.3 Å². The number of hydrogen-bond acceptors (Lipinski definition) is 3. The van der Waals surface area contributed by atoms with Gasteiger partial charge < -0.3 is 9.64 Å². The number of benzene rings is 1. The Hall–Kier alpha value is -1.84. The summed E-state index contributed by atoms with van der Waals surface area (Å²) in [6.45, 7) is 2.04. The van der Waals surface area contributed by atoms with Crippen LogP contribution in [0.15, 0.2) is 24.3 Å². The van der Waals surface area contributed by atoms with Crippen molar-refractivity contribution in [1.29, 1.82) is 0 Å². The van der Waals surface area contributed by atoms with E-state index in [0.717, 1.165) is 6.42 Å². The number of hydrogen-bond donors (Lipinski definition) is 0. The topological polar surface area (TPSA) is 46.6 Å². The quantitative estimate of drug-likeness (QED) is 0.562. The highest BCUT2D eigenvalue weighted by molar-refractivity contribution is 5.97. The second-order valence-corrected chi connectivity index (χ2v) is 3.71. The normalized spacial score (nSPS) is 15.3. The lowest BCUT2D eigenvalue weighted by Gasteiger charge is -2.18. The van der Waals surface area contributed by atoms with Crippen LogP contribution in [-0.4, -0.2) is 18.4 Å². The van der Waals surface area contributed by atoms with Crippen LogP contribution in [0.2, 0.25) is 0 Å². The summed E-state index contributed by atoms with van der Waals surface area (Å²) in [4.78, 5) is 24.2. The molecular weight excluding hydrogens is 206 g/mol. The number of para-hydroxylation sites is 2. The molecule has 0 unspecified atom stereocenters. The molecule has 84 valence electrons. The van der Waals surface area contributed by atoms with Crippen LogP contribution in [-0.2, 0) is 9.59 Å². The van der Waals surface area contributed by atoms with E-state index in [0.29, 0.717) is 24.4 Å². The molecule has 1 heterocycles. The largest absolute Gasteiger partial charge is 0.424 e. The molecule has 1 saturated heterocycles. The third-order valence-electron chi connectivity index (χ3n) is 2.48.